The van der Waals surface area contributed by atoms with Crippen molar-refractivity contribution in [3.8, 4) is 0 Å². The Hall–Kier alpha value is -1.96. The van der Waals surface area contributed by atoms with Gasteiger partial charge in [-0.15, -0.1) is 0 Å². The Morgan fingerprint density at radius 2 is 1.96 bits per heavy atom. The number of rotatable bonds is 6. The zero-order valence-electron chi connectivity index (χ0n) is 17.0. The van der Waals surface area contributed by atoms with Crippen molar-refractivity contribution in [2.75, 3.05) is 44.8 Å². The van der Waals surface area contributed by atoms with Gasteiger partial charge in [-0.05, 0) is 51.3 Å². The number of nitrogens with zero attached hydrogens (tertiary/aromatic N) is 1. The van der Waals surface area contributed by atoms with Crippen molar-refractivity contribution in [3.63, 3.8) is 0 Å². The molecule has 2 heterocycles. The quantitative estimate of drug-likeness (QED) is 0.777. The molecule has 0 radical (unpaired) electrons. The summed E-state index contributed by atoms with van der Waals surface area (Å²) in [6.07, 6.45) is 1.24. The van der Waals surface area contributed by atoms with E-state index in [9.17, 15) is 9.59 Å². The Kier molecular flexibility index (Phi) is 6.69. The van der Waals surface area contributed by atoms with Crippen LogP contribution in [0.1, 0.15) is 42.6 Å². The molecule has 154 valence electrons. The summed E-state index contributed by atoms with van der Waals surface area (Å²) in [6.45, 7) is 10.6. The molecule has 0 spiro atoms. The van der Waals surface area contributed by atoms with Gasteiger partial charge in [-0.1, -0.05) is 6.07 Å². The lowest BCUT2D eigenvalue weighted by Gasteiger charge is -2.35. The summed E-state index contributed by atoms with van der Waals surface area (Å²) in [5.41, 5.74) is 1.72. The lowest BCUT2D eigenvalue weighted by atomic mass is 10.0. The molecule has 0 aromatic heterocycles. The molecule has 0 unspecified atom stereocenters. The van der Waals surface area contributed by atoms with Crippen LogP contribution in [0.3, 0.4) is 0 Å². The van der Waals surface area contributed by atoms with Crippen LogP contribution in [0.4, 0.5) is 5.69 Å². The maximum Gasteiger partial charge on any atom is 0.253 e. The van der Waals surface area contributed by atoms with Crippen molar-refractivity contribution >= 4 is 17.5 Å². The summed E-state index contributed by atoms with van der Waals surface area (Å²) in [4.78, 5) is 27.5. The van der Waals surface area contributed by atoms with E-state index in [2.05, 4.69) is 15.5 Å². The number of benzene rings is 1. The molecular weight excluding hydrogens is 358 g/mol. The van der Waals surface area contributed by atoms with Crippen LogP contribution in [0, 0.1) is 6.92 Å². The molecule has 1 aromatic rings. The van der Waals surface area contributed by atoms with E-state index in [0.29, 0.717) is 17.9 Å². The van der Waals surface area contributed by atoms with Crippen LogP contribution in [0.2, 0.25) is 0 Å². The molecule has 2 aliphatic rings. The Labute approximate surface area is 166 Å². The zero-order valence-corrected chi connectivity index (χ0v) is 17.0. The Morgan fingerprint density at radius 1 is 1.21 bits per heavy atom. The first kappa shape index (κ1) is 20.8. The second-order valence-electron chi connectivity index (χ2n) is 8.25. The highest BCUT2D eigenvalue weighted by molar-refractivity contribution is 5.99. The summed E-state index contributed by atoms with van der Waals surface area (Å²) in [7, 11) is 0. The Bertz CT molecular complexity index is 708. The lowest BCUT2D eigenvalue weighted by Crippen LogP contribution is -2.53. The van der Waals surface area contributed by atoms with Crippen molar-refractivity contribution in [2.45, 2.75) is 45.3 Å². The van der Waals surface area contributed by atoms with Gasteiger partial charge in [-0.3, -0.25) is 14.5 Å². The monoisotopic (exact) mass is 389 g/mol. The fraction of sp³-hybridized carbons (Fsp3) is 0.619. The Balaban J connectivity index is 1.63. The number of anilines is 1. The minimum absolute atomic E-state index is 0.147. The van der Waals surface area contributed by atoms with Crippen LogP contribution in [0.5, 0.6) is 0 Å². The van der Waals surface area contributed by atoms with Gasteiger partial charge in [0, 0.05) is 43.0 Å². The number of carbonyl (C=O) groups excluding carboxylic acids is 2. The van der Waals surface area contributed by atoms with Gasteiger partial charge in [-0.25, -0.2) is 0 Å². The molecular formula is C21H31N3O4. The third-order valence-electron chi connectivity index (χ3n) is 5.15. The van der Waals surface area contributed by atoms with Gasteiger partial charge in [0.05, 0.1) is 13.2 Å². The van der Waals surface area contributed by atoms with Gasteiger partial charge in [0.2, 0.25) is 0 Å². The number of morpholine rings is 1. The van der Waals surface area contributed by atoms with E-state index >= 15 is 0 Å². The number of hydrogen-bond donors (Lipinski definition) is 2. The van der Waals surface area contributed by atoms with E-state index < -0.39 is 6.10 Å². The molecule has 0 aliphatic carbocycles. The molecule has 1 aromatic carbocycles. The van der Waals surface area contributed by atoms with Crippen LogP contribution in [0.25, 0.3) is 0 Å². The van der Waals surface area contributed by atoms with E-state index in [0.717, 1.165) is 51.3 Å². The Morgan fingerprint density at radius 3 is 2.64 bits per heavy atom. The number of carbonyl (C=O) groups is 2. The second kappa shape index (κ2) is 9.03. The average Bonchev–Trinajstić information content (AvgIpc) is 3.18. The maximum atomic E-state index is 12.8. The third kappa shape index (κ3) is 5.53. The van der Waals surface area contributed by atoms with Gasteiger partial charge in [0.1, 0.15) is 6.10 Å². The molecule has 2 saturated heterocycles. The van der Waals surface area contributed by atoms with E-state index in [-0.39, 0.29) is 17.4 Å². The number of nitrogens with one attached hydrogen (secondary N) is 2. The van der Waals surface area contributed by atoms with Crippen molar-refractivity contribution < 1.29 is 19.1 Å². The molecule has 2 amide bonds. The second-order valence-corrected chi connectivity index (χ2v) is 8.25. The molecule has 0 bridgehead atoms. The predicted molar refractivity (Wildman–Crippen MR) is 108 cm³/mol. The van der Waals surface area contributed by atoms with E-state index in [1.165, 1.54) is 0 Å². The predicted octanol–water partition coefficient (Wildman–Crippen LogP) is 1.95. The van der Waals surface area contributed by atoms with Gasteiger partial charge < -0.3 is 20.1 Å². The van der Waals surface area contributed by atoms with Crippen LogP contribution in [-0.2, 0) is 14.3 Å². The van der Waals surface area contributed by atoms with Gasteiger partial charge >= 0.3 is 0 Å². The summed E-state index contributed by atoms with van der Waals surface area (Å²) >= 11 is 0. The first-order valence-corrected chi connectivity index (χ1v) is 10.00. The van der Waals surface area contributed by atoms with Crippen LogP contribution in [0.15, 0.2) is 18.2 Å². The van der Waals surface area contributed by atoms with Crippen molar-refractivity contribution in [2.24, 2.45) is 0 Å². The molecule has 1 atom stereocenters. The first-order chi connectivity index (χ1) is 13.3. The fourth-order valence-corrected chi connectivity index (χ4v) is 3.63. The van der Waals surface area contributed by atoms with Gasteiger partial charge in [-0.2, -0.15) is 0 Å². The summed E-state index contributed by atoms with van der Waals surface area (Å²) in [5.74, 6) is -0.295. The van der Waals surface area contributed by atoms with Gasteiger partial charge in [0.15, 0.2) is 0 Å². The zero-order chi connectivity index (χ0) is 20.1. The minimum Gasteiger partial charge on any atom is -0.379 e. The van der Waals surface area contributed by atoms with Crippen LogP contribution in [-0.4, -0.2) is 67.8 Å². The molecule has 0 saturated carbocycles. The molecule has 28 heavy (non-hydrogen) atoms. The minimum atomic E-state index is -0.399. The number of amides is 2. The van der Waals surface area contributed by atoms with Crippen molar-refractivity contribution in [1.82, 2.24) is 10.2 Å². The molecule has 7 heteroatoms. The molecule has 7 nitrogen and oxygen atoms in total. The largest absolute Gasteiger partial charge is 0.379 e. The molecule has 2 N–H and O–H groups in total. The molecule has 2 aliphatic heterocycles. The van der Waals surface area contributed by atoms with Crippen LogP contribution < -0.4 is 10.6 Å². The summed E-state index contributed by atoms with van der Waals surface area (Å²) < 4.78 is 10.8. The first-order valence-electron chi connectivity index (χ1n) is 10.00. The van der Waals surface area contributed by atoms with Crippen molar-refractivity contribution in [3.05, 3.63) is 29.3 Å². The smallest absolute Gasteiger partial charge is 0.253 e. The summed E-state index contributed by atoms with van der Waals surface area (Å²) in [5, 5.41) is 6.03. The maximum absolute atomic E-state index is 12.8. The van der Waals surface area contributed by atoms with E-state index in [1.807, 2.05) is 26.8 Å². The highest BCUT2D eigenvalue weighted by atomic mass is 16.5. The highest BCUT2D eigenvalue weighted by Gasteiger charge is 2.27. The van der Waals surface area contributed by atoms with Gasteiger partial charge in [0.25, 0.3) is 11.8 Å². The normalized spacial score (nSPS) is 20.8. The SMILES string of the molecule is Cc1ccc(C(=O)NC(C)(C)CN2CCOCC2)cc1NC(=O)[C@H]1CCCO1. The lowest BCUT2D eigenvalue weighted by molar-refractivity contribution is -0.124. The molecule has 2 fully saturated rings. The van der Waals surface area contributed by atoms with Crippen molar-refractivity contribution in [1.29, 1.82) is 0 Å². The third-order valence-corrected chi connectivity index (χ3v) is 5.15. The molecule has 3 rings (SSSR count). The standard InChI is InChI=1S/C21H31N3O4/c1-15-6-7-16(13-17(15)22-20(26)18-5-4-10-28-18)19(25)23-21(2,3)14-24-8-11-27-12-9-24/h6-7,13,18H,4-5,8-12,14H2,1-3H3,(H,22,26)(H,23,25)/t18-/m1/s1. The topological polar surface area (TPSA) is 79.9 Å². The van der Waals surface area contributed by atoms with E-state index in [4.69, 9.17) is 9.47 Å². The van der Waals surface area contributed by atoms with E-state index in [1.54, 1.807) is 12.1 Å². The average molecular weight is 389 g/mol. The summed E-state index contributed by atoms with van der Waals surface area (Å²) in [6, 6.07) is 5.38. The number of aryl methyl sites for hydroxylation is 1. The fourth-order valence-electron chi connectivity index (χ4n) is 3.63. The highest BCUT2D eigenvalue weighted by Crippen LogP contribution is 2.20. The number of ether oxygens (including phenoxy) is 2. The van der Waals surface area contributed by atoms with Crippen LogP contribution >= 0.6 is 0 Å². The number of hydrogen-bond acceptors (Lipinski definition) is 5.